The van der Waals surface area contributed by atoms with Crippen LogP contribution in [0.4, 0.5) is 0 Å². The molecule has 0 atom stereocenters. The van der Waals surface area contributed by atoms with Crippen molar-refractivity contribution < 1.29 is 14.4 Å². The van der Waals surface area contributed by atoms with Crippen LogP contribution in [0, 0.1) is 0 Å². The van der Waals surface area contributed by atoms with Crippen molar-refractivity contribution in [2.45, 2.75) is 18.8 Å². The zero-order valence-electron chi connectivity index (χ0n) is 11.3. The molecule has 1 aliphatic rings. The van der Waals surface area contributed by atoms with E-state index < -0.39 is 0 Å². The molecule has 1 aromatic heterocycles. The Morgan fingerprint density at radius 1 is 1.35 bits per heavy atom. The number of aromatic nitrogens is 2. The Morgan fingerprint density at radius 3 is 2.90 bits per heavy atom. The van der Waals surface area contributed by atoms with E-state index in [1.54, 1.807) is 18.2 Å². The molecule has 2 aromatic rings. The third kappa shape index (κ3) is 2.46. The van der Waals surface area contributed by atoms with Gasteiger partial charge in [0.05, 0.1) is 7.11 Å². The number of phenols is 1. The van der Waals surface area contributed by atoms with Gasteiger partial charge < -0.3 is 19.7 Å². The van der Waals surface area contributed by atoms with Gasteiger partial charge in [-0.15, -0.1) is 0 Å². The maximum atomic E-state index is 9.59. The van der Waals surface area contributed by atoms with E-state index in [1.807, 2.05) is 0 Å². The van der Waals surface area contributed by atoms with Gasteiger partial charge in [0.25, 0.3) is 0 Å². The van der Waals surface area contributed by atoms with Gasteiger partial charge in [-0.3, -0.25) is 0 Å². The number of rotatable bonds is 3. The van der Waals surface area contributed by atoms with Crippen molar-refractivity contribution in [2.24, 2.45) is 0 Å². The monoisotopic (exact) mass is 275 g/mol. The van der Waals surface area contributed by atoms with E-state index in [9.17, 15) is 5.11 Å². The summed E-state index contributed by atoms with van der Waals surface area (Å²) in [5.74, 6) is 2.04. The van der Waals surface area contributed by atoms with E-state index in [-0.39, 0.29) is 5.75 Å². The molecule has 1 aliphatic heterocycles. The average molecular weight is 275 g/mol. The summed E-state index contributed by atoms with van der Waals surface area (Å²) in [6.07, 6.45) is 2.03. The van der Waals surface area contributed by atoms with E-state index in [1.165, 1.54) is 7.11 Å². The highest BCUT2D eigenvalue weighted by atomic mass is 16.5. The fourth-order valence-corrected chi connectivity index (χ4v) is 2.40. The Kier molecular flexibility index (Phi) is 3.56. The number of nitrogens with zero attached hydrogens (tertiary/aromatic N) is 2. The molecule has 1 fully saturated rings. The number of benzene rings is 1. The first kappa shape index (κ1) is 12.9. The van der Waals surface area contributed by atoms with Crippen molar-refractivity contribution in [2.75, 3.05) is 20.2 Å². The maximum absolute atomic E-state index is 9.59. The second-order valence-corrected chi connectivity index (χ2v) is 4.87. The van der Waals surface area contributed by atoms with Gasteiger partial charge in [0.2, 0.25) is 11.7 Å². The fourth-order valence-electron chi connectivity index (χ4n) is 2.40. The Balaban J connectivity index is 1.85. The summed E-state index contributed by atoms with van der Waals surface area (Å²) in [5, 5.41) is 16.9. The van der Waals surface area contributed by atoms with Crippen LogP contribution in [0.15, 0.2) is 22.7 Å². The molecule has 0 spiro atoms. The lowest BCUT2D eigenvalue weighted by Gasteiger charge is -2.18. The molecule has 1 aromatic carbocycles. The molecule has 3 rings (SSSR count). The predicted octanol–water partition coefficient (Wildman–Crippen LogP) is 1.92. The minimum absolute atomic E-state index is 0.0957. The van der Waals surface area contributed by atoms with Crippen LogP contribution < -0.4 is 10.1 Å². The lowest BCUT2D eigenvalue weighted by molar-refractivity contribution is 0.320. The van der Waals surface area contributed by atoms with Crippen LogP contribution in [0.1, 0.15) is 24.7 Å². The first-order valence-electron chi connectivity index (χ1n) is 6.69. The molecular weight excluding hydrogens is 258 g/mol. The Bertz CT molecular complexity index is 591. The number of aromatic hydroxyl groups is 1. The van der Waals surface area contributed by atoms with Gasteiger partial charge in [0.15, 0.2) is 11.5 Å². The van der Waals surface area contributed by atoms with E-state index in [2.05, 4.69) is 15.5 Å². The Hall–Kier alpha value is -2.08. The largest absolute Gasteiger partial charge is 0.504 e. The minimum Gasteiger partial charge on any atom is -0.504 e. The molecule has 6 heteroatoms. The topological polar surface area (TPSA) is 80.4 Å². The predicted molar refractivity (Wildman–Crippen MR) is 72.8 cm³/mol. The smallest absolute Gasteiger partial charge is 0.230 e. The summed E-state index contributed by atoms with van der Waals surface area (Å²) in [4.78, 5) is 4.47. The molecule has 0 amide bonds. The number of phenolic OH excluding ortho intramolecular Hbond substituents is 1. The van der Waals surface area contributed by atoms with Gasteiger partial charge in [-0.05, 0) is 44.1 Å². The molecule has 20 heavy (non-hydrogen) atoms. The third-order valence-corrected chi connectivity index (χ3v) is 3.57. The molecule has 2 N–H and O–H groups in total. The first-order chi connectivity index (χ1) is 9.78. The number of nitrogens with one attached hydrogen (secondary N) is 1. The standard InChI is InChI=1S/C14H17N3O3/c1-19-12-8-10(2-3-11(12)18)13-16-14(20-17-13)9-4-6-15-7-5-9/h2-3,8-9,15,18H,4-7H2,1H3. The first-order valence-corrected chi connectivity index (χ1v) is 6.69. The number of methoxy groups -OCH3 is 1. The number of piperidine rings is 1. The van der Waals surface area contributed by atoms with Crippen molar-refractivity contribution in [3.05, 3.63) is 24.1 Å². The molecule has 0 bridgehead atoms. The molecule has 0 aliphatic carbocycles. The normalized spacial score (nSPS) is 16.2. The van der Waals surface area contributed by atoms with Gasteiger partial charge in [0.1, 0.15) is 0 Å². The average Bonchev–Trinajstić information content (AvgIpc) is 2.98. The number of hydrogen-bond donors (Lipinski definition) is 2. The molecule has 6 nitrogen and oxygen atoms in total. The number of ether oxygens (including phenoxy) is 1. The van der Waals surface area contributed by atoms with Gasteiger partial charge in [-0.25, -0.2) is 0 Å². The van der Waals surface area contributed by atoms with Crippen molar-refractivity contribution in [3.63, 3.8) is 0 Å². The summed E-state index contributed by atoms with van der Waals surface area (Å²) >= 11 is 0. The molecule has 2 heterocycles. The van der Waals surface area contributed by atoms with E-state index in [4.69, 9.17) is 9.26 Å². The van der Waals surface area contributed by atoms with Crippen LogP contribution in [-0.4, -0.2) is 35.4 Å². The van der Waals surface area contributed by atoms with Gasteiger partial charge in [-0.1, -0.05) is 5.16 Å². The minimum atomic E-state index is 0.0957. The second kappa shape index (κ2) is 5.50. The van der Waals surface area contributed by atoms with Crippen LogP contribution >= 0.6 is 0 Å². The molecular formula is C14H17N3O3. The summed E-state index contributed by atoms with van der Waals surface area (Å²) in [6.45, 7) is 1.96. The van der Waals surface area contributed by atoms with Crippen LogP contribution in [0.25, 0.3) is 11.4 Å². The van der Waals surface area contributed by atoms with Gasteiger partial charge >= 0.3 is 0 Å². The highest BCUT2D eigenvalue weighted by Crippen LogP contribution is 2.31. The Labute approximate surface area is 116 Å². The zero-order chi connectivity index (χ0) is 13.9. The van der Waals surface area contributed by atoms with Crippen molar-refractivity contribution in [1.82, 2.24) is 15.5 Å². The maximum Gasteiger partial charge on any atom is 0.230 e. The van der Waals surface area contributed by atoms with Crippen LogP contribution in [0.2, 0.25) is 0 Å². The van der Waals surface area contributed by atoms with E-state index in [0.29, 0.717) is 23.4 Å². The van der Waals surface area contributed by atoms with Crippen molar-refractivity contribution in [1.29, 1.82) is 0 Å². The fraction of sp³-hybridized carbons (Fsp3) is 0.429. The van der Waals surface area contributed by atoms with Gasteiger partial charge in [0, 0.05) is 11.5 Å². The summed E-state index contributed by atoms with van der Waals surface area (Å²) in [6, 6.07) is 5.01. The third-order valence-electron chi connectivity index (χ3n) is 3.57. The SMILES string of the molecule is COc1cc(-c2noc(C3CCNCC3)n2)ccc1O. The zero-order valence-corrected chi connectivity index (χ0v) is 11.3. The summed E-state index contributed by atoms with van der Waals surface area (Å²) in [7, 11) is 1.51. The molecule has 106 valence electrons. The van der Waals surface area contributed by atoms with E-state index in [0.717, 1.165) is 31.5 Å². The second-order valence-electron chi connectivity index (χ2n) is 4.87. The highest BCUT2D eigenvalue weighted by Gasteiger charge is 2.22. The van der Waals surface area contributed by atoms with Crippen LogP contribution in [0.5, 0.6) is 11.5 Å². The Morgan fingerprint density at radius 2 is 2.15 bits per heavy atom. The van der Waals surface area contributed by atoms with Crippen molar-refractivity contribution in [3.8, 4) is 22.9 Å². The summed E-state index contributed by atoms with van der Waals surface area (Å²) in [5.41, 5.74) is 0.767. The van der Waals surface area contributed by atoms with Gasteiger partial charge in [-0.2, -0.15) is 4.98 Å². The molecule has 0 radical (unpaired) electrons. The molecule has 0 saturated carbocycles. The molecule has 1 saturated heterocycles. The lowest BCUT2D eigenvalue weighted by atomic mass is 9.98. The van der Waals surface area contributed by atoms with E-state index >= 15 is 0 Å². The van der Waals surface area contributed by atoms with Crippen molar-refractivity contribution >= 4 is 0 Å². The molecule has 0 unspecified atom stereocenters. The van der Waals surface area contributed by atoms with Crippen LogP contribution in [0.3, 0.4) is 0 Å². The van der Waals surface area contributed by atoms with Crippen LogP contribution in [-0.2, 0) is 0 Å². The quantitative estimate of drug-likeness (QED) is 0.890. The lowest BCUT2D eigenvalue weighted by Crippen LogP contribution is -2.26. The summed E-state index contributed by atoms with van der Waals surface area (Å²) < 4.78 is 10.5. The highest BCUT2D eigenvalue weighted by molar-refractivity contribution is 5.60. The number of hydrogen-bond acceptors (Lipinski definition) is 6.